The summed E-state index contributed by atoms with van der Waals surface area (Å²) < 4.78 is 0. The van der Waals surface area contributed by atoms with E-state index in [-0.39, 0.29) is 0 Å². The highest BCUT2D eigenvalue weighted by molar-refractivity contribution is 7.99. The minimum Gasteiger partial charge on any atom is -0.317 e. The number of aryl methyl sites for hydroxylation is 1. The lowest BCUT2D eigenvalue weighted by Crippen LogP contribution is -2.15. The molecule has 0 saturated carbocycles. The molecule has 0 aromatic heterocycles. The molecule has 1 nitrogen and oxygen atoms in total. The number of nitrogens with one attached hydrogen (secondary N) is 1. The summed E-state index contributed by atoms with van der Waals surface area (Å²) in [6.07, 6.45) is 3.83. The summed E-state index contributed by atoms with van der Waals surface area (Å²) in [7, 11) is 0. The molecule has 0 saturated heterocycles. The van der Waals surface area contributed by atoms with Gasteiger partial charge < -0.3 is 5.32 Å². The van der Waals surface area contributed by atoms with Crippen LogP contribution in [0.2, 0.25) is 0 Å². The highest BCUT2D eigenvalue weighted by Gasteiger charge is 1.97. The van der Waals surface area contributed by atoms with Gasteiger partial charge in [0.15, 0.2) is 0 Å². The van der Waals surface area contributed by atoms with Crippen molar-refractivity contribution in [2.75, 3.05) is 18.8 Å². The fourth-order valence-electron chi connectivity index (χ4n) is 1.55. The number of hydrogen-bond donors (Lipinski definition) is 1. The molecular formula is C14H23NS. The van der Waals surface area contributed by atoms with E-state index in [1.807, 2.05) is 11.8 Å². The van der Waals surface area contributed by atoms with Crippen molar-refractivity contribution in [1.82, 2.24) is 5.32 Å². The number of thioether (sulfide) groups is 1. The molecule has 0 bridgehead atoms. The minimum atomic E-state index is 1.16. The van der Waals surface area contributed by atoms with Crippen molar-refractivity contribution in [2.45, 2.75) is 38.0 Å². The Balaban J connectivity index is 2.05. The fraction of sp³-hybridized carbons (Fsp3) is 0.571. The van der Waals surface area contributed by atoms with E-state index < -0.39 is 0 Å². The highest BCUT2D eigenvalue weighted by Crippen LogP contribution is 2.22. The maximum atomic E-state index is 3.44. The Morgan fingerprint density at radius 2 is 1.94 bits per heavy atom. The molecule has 0 radical (unpaired) electrons. The van der Waals surface area contributed by atoms with Crippen LogP contribution in [-0.2, 0) is 0 Å². The van der Waals surface area contributed by atoms with E-state index in [4.69, 9.17) is 0 Å². The van der Waals surface area contributed by atoms with Crippen LogP contribution in [0, 0.1) is 6.92 Å². The topological polar surface area (TPSA) is 12.0 Å². The largest absolute Gasteiger partial charge is 0.317 e. The first kappa shape index (κ1) is 13.6. The molecule has 0 unspecified atom stereocenters. The maximum Gasteiger partial charge on any atom is 0.0101 e. The second-order valence-corrected chi connectivity index (χ2v) is 5.21. The van der Waals surface area contributed by atoms with Gasteiger partial charge in [0.25, 0.3) is 0 Å². The molecule has 1 rings (SSSR count). The van der Waals surface area contributed by atoms with E-state index in [2.05, 4.69) is 43.4 Å². The molecule has 0 aliphatic heterocycles. The Bertz CT molecular complexity index is 286. The molecule has 0 atom stereocenters. The van der Waals surface area contributed by atoms with Gasteiger partial charge in [-0.15, -0.1) is 11.8 Å². The van der Waals surface area contributed by atoms with Crippen molar-refractivity contribution in [3.05, 3.63) is 29.8 Å². The lowest BCUT2D eigenvalue weighted by atomic mass is 10.2. The van der Waals surface area contributed by atoms with Gasteiger partial charge in [0, 0.05) is 4.90 Å². The summed E-state index contributed by atoms with van der Waals surface area (Å²) in [5, 5.41) is 3.44. The van der Waals surface area contributed by atoms with Gasteiger partial charge in [0.05, 0.1) is 0 Å². The molecule has 16 heavy (non-hydrogen) atoms. The van der Waals surface area contributed by atoms with Gasteiger partial charge in [-0.1, -0.05) is 25.1 Å². The van der Waals surface area contributed by atoms with Gasteiger partial charge in [0.1, 0.15) is 0 Å². The second-order valence-electron chi connectivity index (χ2n) is 4.07. The molecule has 0 aliphatic carbocycles. The lowest BCUT2D eigenvalue weighted by Gasteiger charge is -2.05. The third-order valence-electron chi connectivity index (χ3n) is 2.53. The Morgan fingerprint density at radius 1 is 1.12 bits per heavy atom. The van der Waals surface area contributed by atoms with Gasteiger partial charge in [0.2, 0.25) is 0 Å². The average molecular weight is 237 g/mol. The number of hydrogen-bond acceptors (Lipinski definition) is 2. The van der Waals surface area contributed by atoms with Crippen molar-refractivity contribution in [3.8, 4) is 0 Å². The van der Waals surface area contributed by atoms with Crippen LogP contribution in [0.25, 0.3) is 0 Å². The molecular weight excluding hydrogens is 214 g/mol. The smallest absolute Gasteiger partial charge is 0.0101 e. The van der Waals surface area contributed by atoms with Crippen LogP contribution in [0.4, 0.5) is 0 Å². The molecule has 0 aliphatic rings. The van der Waals surface area contributed by atoms with E-state index in [0.717, 1.165) is 6.54 Å². The maximum absolute atomic E-state index is 3.44. The summed E-state index contributed by atoms with van der Waals surface area (Å²) >= 11 is 1.98. The zero-order valence-electron chi connectivity index (χ0n) is 10.5. The number of unbranched alkanes of at least 4 members (excludes halogenated alkanes) is 1. The van der Waals surface area contributed by atoms with Crippen LogP contribution in [0.3, 0.4) is 0 Å². The Hall–Kier alpha value is -0.470. The number of rotatable bonds is 8. The van der Waals surface area contributed by atoms with Gasteiger partial charge >= 0.3 is 0 Å². The van der Waals surface area contributed by atoms with E-state index in [0.29, 0.717) is 0 Å². The highest BCUT2D eigenvalue weighted by atomic mass is 32.2. The molecule has 0 amide bonds. The summed E-state index contributed by atoms with van der Waals surface area (Å²) in [4.78, 5) is 1.43. The van der Waals surface area contributed by atoms with E-state index in [1.54, 1.807) is 0 Å². The summed E-state index contributed by atoms with van der Waals surface area (Å²) in [5.41, 5.74) is 1.40. The molecule has 0 heterocycles. The van der Waals surface area contributed by atoms with Gasteiger partial charge in [-0.2, -0.15) is 0 Å². The third-order valence-corrected chi connectivity index (χ3v) is 3.79. The van der Waals surface area contributed by atoms with E-state index in [1.165, 1.54) is 42.0 Å². The number of benzene rings is 1. The standard InChI is InChI=1S/C14H23NS/c1-3-10-15-11-6-7-12-16-14-9-5-4-8-13(14)2/h4-5,8-9,15H,3,6-7,10-12H2,1-2H3. The van der Waals surface area contributed by atoms with Crippen molar-refractivity contribution in [2.24, 2.45) is 0 Å². The molecule has 2 heteroatoms. The van der Waals surface area contributed by atoms with Crippen LogP contribution in [0.15, 0.2) is 29.2 Å². The summed E-state index contributed by atoms with van der Waals surface area (Å²) in [6.45, 7) is 6.72. The molecule has 1 aromatic carbocycles. The van der Waals surface area contributed by atoms with Crippen molar-refractivity contribution in [1.29, 1.82) is 0 Å². The Labute approximate surface area is 104 Å². The van der Waals surface area contributed by atoms with Gasteiger partial charge in [-0.25, -0.2) is 0 Å². The van der Waals surface area contributed by atoms with Crippen LogP contribution in [0.1, 0.15) is 31.7 Å². The van der Waals surface area contributed by atoms with Gasteiger partial charge in [-0.3, -0.25) is 0 Å². The molecule has 0 spiro atoms. The predicted octanol–water partition coefficient (Wildman–Crippen LogP) is 3.87. The van der Waals surface area contributed by atoms with Crippen molar-refractivity contribution < 1.29 is 0 Å². The first-order valence-corrected chi connectivity index (χ1v) is 7.22. The minimum absolute atomic E-state index is 1.16. The Kier molecular flexibility index (Phi) is 7.35. The van der Waals surface area contributed by atoms with Crippen LogP contribution >= 0.6 is 11.8 Å². The van der Waals surface area contributed by atoms with Gasteiger partial charge in [-0.05, 0) is 56.7 Å². The van der Waals surface area contributed by atoms with E-state index >= 15 is 0 Å². The molecule has 0 fully saturated rings. The molecule has 90 valence electrons. The van der Waals surface area contributed by atoms with Crippen LogP contribution in [-0.4, -0.2) is 18.8 Å². The van der Waals surface area contributed by atoms with Crippen molar-refractivity contribution in [3.63, 3.8) is 0 Å². The second kappa shape index (κ2) is 8.66. The quantitative estimate of drug-likeness (QED) is 0.544. The zero-order chi connectivity index (χ0) is 11.6. The van der Waals surface area contributed by atoms with E-state index in [9.17, 15) is 0 Å². The normalized spacial score (nSPS) is 10.6. The molecule has 1 aromatic rings. The predicted molar refractivity (Wildman–Crippen MR) is 74.3 cm³/mol. The van der Waals surface area contributed by atoms with Crippen LogP contribution < -0.4 is 5.32 Å². The monoisotopic (exact) mass is 237 g/mol. The first-order valence-electron chi connectivity index (χ1n) is 6.23. The lowest BCUT2D eigenvalue weighted by molar-refractivity contribution is 0.635. The molecule has 1 N–H and O–H groups in total. The van der Waals surface area contributed by atoms with Crippen LogP contribution in [0.5, 0.6) is 0 Å². The Morgan fingerprint density at radius 3 is 2.69 bits per heavy atom. The zero-order valence-corrected chi connectivity index (χ0v) is 11.3. The first-order chi connectivity index (χ1) is 7.84. The summed E-state index contributed by atoms with van der Waals surface area (Å²) in [5.74, 6) is 1.23. The average Bonchev–Trinajstić information content (AvgIpc) is 2.30. The van der Waals surface area contributed by atoms with Crippen molar-refractivity contribution >= 4 is 11.8 Å². The SMILES string of the molecule is CCCNCCCCSc1ccccc1C. The summed E-state index contributed by atoms with van der Waals surface area (Å²) in [6, 6.07) is 8.63. The fourth-order valence-corrected chi connectivity index (χ4v) is 2.59. The third kappa shape index (κ3) is 5.57.